The molecule has 0 saturated heterocycles. The average molecular weight is 406 g/mol. The highest BCUT2D eigenvalue weighted by molar-refractivity contribution is 9.10. The van der Waals surface area contributed by atoms with Crippen LogP contribution in [0.1, 0.15) is 55.3 Å². The third-order valence-electron chi connectivity index (χ3n) is 6.25. The minimum Gasteiger partial charge on any atom is -0.465 e. The molecule has 4 bridgehead atoms. The number of alkyl halides is 1. The van der Waals surface area contributed by atoms with Gasteiger partial charge in [0.2, 0.25) is 5.91 Å². The van der Waals surface area contributed by atoms with Gasteiger partial charge in [-0.15, -0.1) is 0 Å². The summed E-state index contributed by atoms with van der Waals surface area (Å²) in [6.07, 6.45) is 7.84. The number of halogens is 1. The van der Waals surface area contributed by atoms with Crippen molar-refractivity contribution in [2.75, 3.05) is 12.4 Å². The van der Waals surface area contributed by atoms with Crippen LogP contribution in [0.25, 0.3) is 0 Å². The number of amides is 1. The maximum absolute atomic E-state index is 12.8. The van der Waals surface area contributed by atoms with Crippen LogP contribution in [0, 0.1) is 17.3 Å². The van der Waals surface area contributed by atoms with Gasteiger partial charge in [-0.1, -0.05) is 28.1 Å². The van der Waals surface area contributed by atoms with Gasteiger partial charge in [0.1, 0.15) is 0 Å². The second-order valence-electron chi connectivity index (χ2n) is 8.37. The summed E-state index contributed by atoms with van der Waals surface area (Å²) in [5.74, 6) is 1.10. The molecular weight excluding hydrogens is 382 g/mol. The van der Waals surface area contributed by atoms with Gasteiger partial charge in [-0.05, 0) is 67.9 Å². The van der Waals surface area contributed by atoms with E-state index in [1.165, 1.54) is 39.2 Å². The normalized spacial score (nSPS) is 35.4. The second-order valence-corrected chi connectivity index (χ2v) is 10.1. The van der Waals surface area contributed by atoms with Crippen molar-refractivity contribution < 1.29 is 14.3 Å². The summed E-state index contributed by atoms with van der Waals surface area (Å²) < 4.78 is 5.06. The largest absolute Gasteiger partial charge is 0.465 e. The molecule has 4 saturated carbocycles. The topological polar surface area (TPSA) is 55.4 Å². The number of rotatable bonds is 4. The van der Waals surface area contributed by atoms with Crippen LogP contribution in [0.3, 0.4) is 0 Å². The molecule has 0 aromatic heterocycles. The summed E-state index contributed by atoms with van der Waals surface area (Å²) in [6, 6.07) is 7.03. The molecule has 0 spiro atoms. The van der Waals surface area contributed by atoms with Crippen molar-refractivity contribution in [3.8, 4) is 0 Å². The van der Waals surface area contributed by atoms with Crippen LogP contribution in [-0.2, 0) is 9.53 Å². The Hall–Kier alpha value is -1.36. The van der Waals surface area contributed by atoms with Crippen LogP contribution >= 0.6 is 15.9 Å². The number of carbonyl (C=O) groups excluding carboxylic acids is 2. The van der Waals surface area contributed by atoms with Crippen molar-refractivity contribution in [2.45, 2.75) is 49.3 Å². The first-order valence-corrected chi connectivity index (χ1v) is 9.86. The fourth-order valence-electron chi connectivity index (χ4n) is 5.96. The molecule has 1 N–H and O–H groups in total. The number of benzene rings is 1. The zero-order valence-corrected chi connectivity index (χ0v) is 16.1. The standard InChI is InChI=1S/C20H24BrNO3/c1-25-18(24)15-4-2-3-5-16(15)22-17(23)11-19-7-13-6-14(8-19)10-20(21,9-13)12-19/h2-5,13-14H,6-12H2,1H3,(H,22,23). The molecule has 4 fully saturated rings. The van der Waals surface area contributed by atoms with E-state index < -0.39 is 5.97 Å². The van der Waals surface area contributed by atoms with Gasteiger partial charge in [-0.25, -0.2) is 4.79 Å². The zero-order valence-electron chi connectivity index (χ0n) is 14.5. The SMILES string of the molecule is COC(=O)c1ccccc1NC(=O)CC12CC3CC(CC(Br)(C3)C1)C2. The lowest BCUT2D eigenvalue weighted by Crippen LogP contribution is -2.53. The van der Waals surface area contributed by atoms with Crippen LogP contribution in [0.4, 0.5) is 5.69 Å². The molecule has 0 radical (unpaired) electrons. The summed E-state index contributed by atoms with van der Waals surface area (Å²) in [7, 11) is 1.35. The Morgan fingerprint density at radius 1 is 1.20 bits per heavy atom. The fraction of sp³-hybridized carbons (Fsp3) is 0.600. The fourth-order valence-corrected chi connectivity index (χ4v) is 7.47. The highest BCUT2D eigenvalue weighted by Crippen LogP contribution is 2.65. The van der Waals surface area contributed by atoms with Gasteiger partial charge >= 0.3 is 5.97 Å². The lowest BCUT2D eigenvalue weighted by molar-refractivity contribution is -0.123. The smallest absolute Gasteiger partial charge is 0.339 e. The Morgan fingerprint density at radius 2 is 1.88 bits per heavy atom. The lowest BCUT2D eigenvalue weighted by Gasteiger charge is -2.60. The molecule has 0 aliphatic heterocycles. The molecule has 2 atom stereocenters. The molecule has 5 heteroatoms. The highest BCUT2D eigenvalue weighted by atomic mass is 79.9. The molecule has 4 nitrogen and oxygen atoms in total. The summed E-state index contributed by atoms with van der Waals surface area (Å²) >= 11 is 4.00. The quantitative estimate of drug-likeness (QED) is 0.590. The van der Waals surface area contributed by atoms with Gasteiger partial charge < -0.3 is 10.1 Å². The number of hydrogen-bond donors (Lipinski definition) is 1. The predicted molar refractivity (Wildman–Crippen MR) is 99.8 cm³/mol. The van der Waals surface area contributed by atoms with Crippen molar-refractivity contribution in [1.82, 2.24) is 0 Å². The molecule has 134 valence electrons. The van der Waals surface area contributed by atoms with Crippen molar-refractivity contribution in [2.24, 2.45) is 17.3 Å². The van der Waals surface area contributed by atoms with Gasteiger partial charge in [-0.3, -0.25) is 4.79 Å². The van der Waals surface area contributed by atoms with Gasteiger partial charge in [0.25, 0.3) is 0 Å². The third-order valence-corrected chi connectivity index (χ3v) is 7.18. The molecule has 2 unspecified atom stereocenters. The van der Waals surface area contributed by atoms with E-state index in [-0.39, 0.29) is 15.6 Å². The lowest BCUT2D eigenvalue weighted by atomic mass is 9.48. The number of carbonyl (C=O) groups is 2. The Kier molecular flexibility index (Phi) is 4.18. The highest BCUT2D eigenvalue weighted by Gasteiger charge is 2.57. The minimum absolute atomic E-state index is 0.00871. The van der Waals surface area contributed by atoms with Crippen LogP contribution in [-0.4, -0.2) is 23.3 Å². The van der Waals surface area contributed by atoms with Crippen molar-refractivity contribution >= 4 is 33.5 Å². The maximum Gasteiger partial charge on any atom is 0.339 e. The summed E-state index contributed by atoms with van der Waals surface area (Å²) in [5.41, 5.74) is 1.07. The molecule has 1 aromatic carbocycles. The molecule has 25 heavy (non-hydrogen) atoms. The van der Waals surface area contributed by atoms with Crippen molar-refractivity contribution in [3.63, 3.8) is 0 Å². The first kappa shape index (κ1) is 17.1. The molecule has 4 aliphatic carbocycles. The Balaban J connectivity index is 1.49. The number of methoxy groups -OCH3 is 1. The van der Waals surface area contributed by atoms with Gasteiger partial charge in [0, 0.05) is 10.7 Å². The van der Waals surface area contributed by atoms with Gasteiger partial charge in [0.15, 0.2) is 0 Å². The Bertz CT molecular complexity index is 703. The molecule has 4 aliphatic rings. The van der Waals surface area contributed by atoms with Gasteiger partial charge in [-0.2, -0.15) is 0 Å². The molecule has 1 aromatic rings. The van der Waals surface area contributed by atoms with Crippen LogP contribution < -0.4 is 5.32 Å². The number of nitrogens with one attached hydrogen (secondary N) is 1. The first-order chi connectivity index (χ1) is 11.9. The van der Waals surface area contributed by atoms with E-state index >= 15 is 0 Å². The van der Waals surface area contributed by atoms with Crippen molar-refractivity contribution in [1.29, 1.82) is 0 Å². The number of ether oxygens (including phenoxy) is 1. The van der Waals surface area contributed by atoms with E-state index in [0.717, 1.165) is 18.3 Å². The monoisotopic (exact) mass is 405 g/mol. The third kappa shape index (κ3) is 3.23. The number of anilines is 1. The summed E-state index contributed by atoms with van der Waals surface area (Å²) in [5, 5.41) is 2.96. The predicted octanol–water partition coefficient (Wildman–Crippen LogP) is 4.54. The van der Waals surface area contributed by atoms with Crippen LogP contribution in [0.15, 0.2) is 24.3 Å². The average Bonchev–Trinajstić information content (AvgIpc) is 2.51. The maximum atomic E-state index is 12.8. The second kappa shape index (κ2) is 6.11. The van der Waals surface area contributed by atoms with E-state index in [9.17, 15) is 9.59 Å². The Labute approximate surface area is 156 Å². The molecular formula is C20H24BrNO3. The molecule has 5 rings (SSSR count). The Morgan fingerprint density at radius 3 is 2.52 bits per heavy atom. The number of esters is 1. The molecule has 0 heterocycles. The van der Waals surface area contributed by atoms with Crippen LogP contribution in [0.5, 0.6) is 0 Å². The van der Waals surface area contributed by atoms with Crippen LogP contribution in [0.2, 0.25) is 0 Å². The van der Waals surface area contributed by atoms with E-state index in [1.807, 2.05) is 6.07 Å². The van der Waals surface area contributed by atoms with Gasteiger partial charge in [0.05, 0.1) is 18.4 Å². The van der Waals surface area contributed by atoms with E-state index in [0.29, 0.717) is 17.7 Å². The summed E-state index contributed by atoms with van der Waals surface area (Å²) in [4.78, 5) is 24.7. The van der Waals surface area contributed by atoms with E-state index in [4.69, 9.17) is 4.74 Å². The minimum atomic E-state index is -0.426. The van der Waals surface area contributed by atoms with E-state index in [1.54, 1.807) is 18.2 Å². The van der Waals surface area contributed by atoms with E-state index in [2.05, 4.69) is 21.2 Å². The molecule has 1 amide bonds. The summed E-state index contributed by atoms with van der Waals surface area (Å²) in [6.45, 7) is 0. The first-order valence-electron chi connectivity index (χ1n) is 9.06. The number of hydrogen-bond acceptors (Lipinski definition) is 3. The zero-order chi connectivity index (χ0) is 17.7. The number of para-hydroxylation sites is 1. The van der Waals surface area contributed by atoms with Crippen molar-refractivity contribution in [3.05, 3.63) is 29.8 Å².